The number of rotatable bonds is 5. The lowest BCUT2D eigenvalue weighted by Crippen LogP contribution is -2.32. The number of carbonyl (C=O) groups excluding carboxylic acids is 1. The first-order chi connectivity index (χ1) is 10.3. The molecule has 3 heterocycles. The Balaban J connectivity index is 1.64. The molecular weight excluding hydrogens is 304 g/mol. The summed E-state index contributed by atoms with van der Waals surface area (Å²) in [5.74, 6) is 0.892. The Labute approximate surface area is 130 Å². The van der Waals surface area contributed by atoms with E-state index in [1.807, 2.05) is 41.1 Å². The highest BCUT2D eigenvalue weighted by Crippen LogP contribution is 2.28. The van der Waals surface area contributed by atoms with Crippen LogP contribution < -0.4 is 10.6 Å². The average Bonchev–Trinajstić information content (AvgIpc) is 3.23. The Morgan fingerprint density at radius 3 is 2.67 bits per heavy atom. The molecule has 0 saturated heterocycles. The van der Waals surface area contributed by atoms with E-state index < -0.39 is 0 Å². The highest BCUT2D eigenvalue weighted by Gasteiger charge is 2.19. The van der Waals surface area contributed by atoms with Crippen LogP contribution in [0, 0.1) is 0 Å². The van der Waals surface area contributed by atoms with Crippen molar-refractivity contribution in [1.82, 2.24) is 5.32 Å². The second kappa shape index (κ2) is 6.60. The summed E-state index contributed by atoms with van der Waals surface area (Å²) in [6.07, 6.45) is 1.65. The van der Waals surface area contributed by atoms with Crippen LogP contribution in [0.25, 0.3) is 0 Å². The third-order valence-electron chi connectivity index (χ3n) is 3.00. The Morgan fingerprint density at radius 2 is 2.00 bits per heavy atom. The van der Waals surface area contributed by atoms with Crippen molar-refractivity contribution < 1.29 is 9.21 Å². The molecule has 3 rings (SSSR count). The SMILES string of the molecule is O=C(NC[C@H](c1ccco1)c1cccs1)Nc1cccs1. The Hall–Kier alpha value is -2.05. The van der Waals surface area contributed by atoms with Gasteiger partial charge in [0.05, 0.1) is 17.2 Å². The van der Waals surface area contributed by atoms with Gasteiger partial charge in [0.1, 0.15) is 5.76 Å². The number of hydrogen-bond acceptors (Lipinski definition) is 4. The Morgan fingerprint density at radius 1 is 1.14 bits per heavy atom. The van der Waals surface area contributed by atoms with E-state index in [-0.39, 0.29) is 11.9 Å². The van der Waals surface area contributed by atoms with Gasteiger partial charge < -0.3 is 9.73 Å². The van der Waals surface area contributed by atoms with Crippen LogP contribution in [0.4, 0.5) is 9.80 Å². The lowest BCUT2D eigenvalue weighted by Gasteiger charge is -2.14. The van der Waals surface area contributed by atoms with Gasteiger partial charge in [0.2, 0.25) is 0 Å². The van der Waals surface area contributed by atoms with Gasteiger partial charge in [0.15, 0.2) is 0 Å². The van der Waals surface area contributed by atoms with Crippen molar-refractivity contribution in [3.63, 3.8) is 0 Å². The van der Waals surface area contributed by atoms with Gasteiger partial charge in [-0.1, -0.05) is 6.07 Å². The number of anilines is 1. The van der Waals surface area contributed by atoms with Gasteiger partial charge in [-0.2, -0.15) is 0 Å². The molecule has 21 heavy (non-hydrogen) atoms. The van der Waals surface area contributed by atoms with Gasteiger partial charge in [-0.3, -0.25) is 5.32 Å². The van der Waals surface area contributed by atoms with Crippen LogP contribution in [-0.2, 0) is 0 Å². The third-order valence-corrected chi connectivity index (χ3v) is 4.77. The van der Waals surface area contributed by atoms with Crippen LogP contribution in [0.15, 0.2) is 57.8 Å². The molecule has 0 saturated carbocycles. The summed E-state index contributed by atoms with van der Waals surface area (Å²) in [6, 6.07) is 11.4. The zero-order chi connectivity index (χ0) is 14.5. The fourth-order valence-electron chi connectivity index (χ4n) is 2.02. The molecule has 0 aliphatic rings. The number of furan rings is 1. The van der Waals surface area contributed by atoms with Crippen LogP contribution in [0.5, 0.6) is 0 Å². The number of amides is 2. The summed E-state index contributed by atoms with van der Waals surface area (Å²) < 4.78 is 5.49. The van der Waals surface area contributed by atoms with Gasteiger partial charge in [0, 0.05) is 11.4 Å². The first kappa shape index (κ1) is 13.9. The fourth-order valence-corrected chi connectivity index (χ4v) is 3.47. The first-order valence-electron chi connectivity index (χ1n) is 6.48. The van der Waals surface area contributed by atoms with Crippen LogP contribution >= 0.6 is 22.7 Å². The predicted octanol–water partition coefficient (Wildman–Crippen LogP) is 4.36. The lowest BCUT2D eigenvalue weighted by atomic mass is 10.1. The molecule has 0 aromatic carbocycles. The predicted molar refractivity (Wildman–Crippen MR) is 86.2 cm³/mol. The maximum Gasteiger partial charge on any atom is 0.319 e. The second-order valence-corrected chi connectivity index (χ2v) is 6.32. The van der Waals surface area contributed by atoms with Crippen molar-refractivity contribution >= 4 is 33.7 Å². The number of nitrogens with one attached hydrogen (secondary N) is 2. The van der Waals surface area contributed by atoms with E-state index in [0.717, 1.165) is 10.8 Å². The van der Waals surface area contributed by atoms with Crippen molar-refractivity contribution in [1.29, 1.82) is 0 Å². The molecule has 108 valence electrons. The van der Waals surface area contributed by atoms with E-state index in [0.29, 0.717) is 6.54 Å². The van der Waals surface area contributed by atoms with Crippen LogP contribution in [0.1, 0.15) is 16.6 Å². The van der Waals surface area contributed by atoms with Gasteiger partial charge in [-0.05, 0) is 41.1 Å². The highest BCUT2D eigenvalue weighted by atomic mass is 32.1. The molecule has 0 spiro atoms. The molecule has 0 unspecified atom stereocenters. The molecule has 2 N–H and O–H groups in total. The normalized spacial score (nSPS) is 12.0. The summed E-state index contributed by atoms with van der Waals surface area (Å²) in [4.78, 5) is 13.1. The minimum absolute atomic E-state index is 0.0362. The number of carbonyl (C=O) groups is 1. The Kier molecular flexibility index (Phi) is 4.37. The fraction of sp³-hybridized carbons (Fsp3) is 0.133. The average molecular weight is 318 g/mol. The lowest BCUT2D eigenvalue weighted by molar-refractivity contribution is 0.251. The summed E-state index contributed by atoms with van der Waals surface area (Å²) in [5, 5.41) is 10.5. The largest absolute Gasteiger partial charge is 0.469 e. The Bertz CT molecular complexity index is 626. The highest BCUT2D eigenvalue weighted by molar-refractivity contribution is 7.14. The molecule has 0 bridgehead atoms. The zero-order valence-corrected chi connectivity index (χ0v) is 12.7. The third kappa shape index (κ3) is 3.53. The molecule has 6 heteroatoms. The molecule has 0 fully saturated rings. The molecule has 3 aromatic rings. The number of thiophene rings is 2. The molecule has 3 aromatic heterocycles. The van der Waals surface area contributed by atoms with Gasteiger partial charge in [-0.15, -0.1) is 22.7 Å². The van der Waals surface area contributed by atoms with Crippen molar-refractivity contribution in [2.24, 2.45) is 0 Å². The molecule has 0 aliphatic carbocycles. The smallest absolute Gasteiger partial charge is 0.319 e. The van der Waals surface area contributed by atoms with Crippen molar-refractivity contribution in [3.05, 3.63) is 64.1 Å². The molecule has 0 aliphatic heterocycles. The molecule has 4 nitrogen and oxygen atoms in total. The zero-order valence-electron chi connectivity index (χ0n) is 11.1. The molecule has 2 amide bonds. The minimum atomic E-state index is -0.203. The molecular formula is C15H14N2O2S2. The van der Waals surface area contributed by atoms with Crippen LogP contribution in [0.3, 0.4) is 0 Å². The van der Waals surface area contributed by atoms with Crippen molar-refractivity contribution in [2.45, 2.75) is 5.92 Å². The van der Waals surface area contributed by atoms with E-state index in [9.17, 15) is 4.79 Å². The minimum Gasteiger partial charge on any atom is -0.469 e. The van der Waals surface area contributed by atoms with Crippen LogP contribution in [-0.4, -0.2) is 12.6 Å². The molecule has 0 radical (unpaired) electrons. The maximum atomic E-state index is 11.9. The first-order valence-corrected chi connectivity index (χ1v) is 8.24. The van der Waals surface area contributed by atoms with Gasteiger partial charge in [0.25, 0.3) is 0 Å². The second-order valence-electron chi connectivity index (χ2n) is 4.40. The summed E-state index contributed by atoms with van der Waals surface area (Å²) in [5.41, 5.74) is 0. The number of hydrogen-bond donors (Lipinski definition) is 2. The van der Waals surface area contributed by atoms with Gasteiger partial charge in [-0.25, -0.2) is 4.79 Å². The van der Waals surface area contributed by atoms with E-state index >= 15 is 0 Å². The maximum absolute atomic E-state index is 11.9. The van der Waals surface area contributed by atoms with Crippen LogP contribution in [0.2, 0.25) is 0 Å². The topological polar surface area (TPSA) is 54.3 Å². The standard InChI is InChI=1S/C15H14N2O2S2/c18-15(17-14-6-3-9-21-14)16-10-11(12-4-1-7-19-12)13-5-2-8-20-13/h1-9,11H,10H2,(H2,16,17,18)/t11-/m1/s1. The van der Waals surface area contributed by atoms with Crippen molar-refractivity contribution in [2.75, 3.05) is 11.9 Å². The monoisotopic (exact) mass is 318 g/mol. The summed E-state index contributed by atoms with van der Waals surface area (Å²) >= 11 is 3.15. The van der Waals surface area contributed by atoms with Gasteiger partial charge >= 0.3 is 6.03 Å². The van der Waals surface area contributed by atoms with E-state index in [2.05, 4.69) is 16.7 Å². The van der Waals surface area contributed by atoms with E-state index in [1.165, 1.54) is 16.2 Å². The summed E-state index contributed by atoms with van der Waals surface area (Å²) in [6.45, 7) is 0.491. The van der Waals surface area contributed by atoms with E-state index in [4.69, 9.17) is 4.42 Å². The van der Waals surface area contributed by atoms with Crippen molar-refractivity contribution in [3.8, 4) is 0 Å². The summed E-state index contributed by atoms with van der Waals surface area (Å²) in [7, 11) is 0. The molecule has 1 atom stereocenters. The van der Waals surface area contributed by atoms with E-state index in [1.54, 1.807) is 17.6 Å². The quantitative estimate of drug-likeness (QED) is 0.734. The number of urea groups is 1.